The first-order valence-corrected chi connectivity index (χ1v) is 14.4. The Morgan fingerprint density at radius 1 is 0.643 bits per heavy atom. The van der Waals surface area contributed by atoms with Gasteiger partial charge in [0.2, 0.25) is 0 Å². The number of hydrogen-bond donors (Lipinski definition) is 0. The average Bonchev–Trinajstić information content (AvgIpc) is 3.00. The number of carbonyl (C=O) groups is 3. The van der Waals surface area contributed by atoms with Crippen LogP contribution in [0, 0.1) is 6.92 Å². The van der Waals surface area contributed by atoms with Gasteiger partial charge >= 0.3 is 17.9 Å². The van der Waals surface area contributed by atoms with Gasteiger partial charge in [-0.05, 0) is 106 Å². The summed E-state index contributed by atoms with van der Waals surface area (Å²) in [6.45, 7) is 10.6. The van der Waals surface area contributed by atoms with Crippen LogP contribution in [0.5, 0.6) is 17.2 Å². The maximum Gasteiger partial charge on any atom is 0.336 e. The van der Waals surface area contributed by atoms with Crippen molar-refractivity contribution in [3.63, 3.8) is 0 Å². The molecule has 0 amide bonds. The maximum absolute atomic E-state index is 12.4. The normalized spacial score (nSPS) is 10.6. The Bertz CT molecular complexity index is 1170. The summed E-state index contributed by atoms with van der Waals surface area (Å²) in [6.07, 6.45) is 12.7. The van der Waals surface area contributed by atoms with E-state index in [0.717, 1.165) is 74.0 Å². The van der Waals surface area contributed by atoms with Crippen LogP contribution in [-0.2, 0) is 23.9 Å². The molecule has 0 unspecified atom stereocenters. The lowest BCUT2D eigenvalue weighted by atomic mass is 10.2. The lowest BCUT2D eigenvalue weighted by Crippen LogP contribution is -2.05. The molecule has 0 N–H and O–H groups in total. The van der Waals surface area contributed by atoms with Crippen LogP contribution in [0.25, 0.3) is 6.08 Å². The quantitative estimate of drug-likeness (QED) is 0.0679. The van der Waals surface area contributed by atoms with Crippen molar-refractivity contribution in [1.82, 2.24) is 0 Å². The molecule has 0 fully saturated rings. The van der Waals surface area contributed by atoms with Crippen LogP contribution in [0.3, 0.4) is 0 Å². The molecule has 0 spiro atoms. The van der Waals surface area contributed by atoms with E-state index in [-0.39, 0.29) is 5.97 Å². The summed E-state index contributed by atoms with van der Waals surface area (Å²) in [6, 6.07) is 12.8. The van der Waals surface area contributed by atoms with Crippen molar-refractivity contribution in [2.75, 3.05) is 26.4 Å². The molecule has 8 nitrogen and oxygen atoms in total. The lowest BCUT2D eigenvalue weighted by molar-refractivity contribution is -0.138. The van der Waals surface area contributed by atoms with E-state index in [9.17, 15) is 14.4 Å². The largest absolute Gasteiger partial charge is 0.494 e. The Kier molecular flexibility index (Phi) is 16.6. The van der Waals surface area contributed by atoms with Crippen molar-refractivity contribution in [3.05, 3.63) is 85.0 Å². The second-order valence-electron chi connectivity index (χ2n) is 9.52. The van der Waals surface area contributed by atoms with Gasteiger partial charge in [0.15, 0.2) is 0 Å². The van der Waals surface area contributed by atoms with Crippen LogP contribution >= 0.6 is 0 Å². The highest BCUT2D eigenvalue weighted by atomic mass is 16.5. The summed E-state index contributed by atoms with van der Waals surface area (Å²) in [5, 5.41) is 0. The first-order valence-electron chi connectivity index (χ1n) is 14.4. The van der Waals surface area contributed by atoms with E-state index < -0.39 is 11.9 Å². The fourth-order valence-electron chi connectivity index (χ4n) is 3.77. The molecule has 0 aliphatic carbocycles. The number of carbonyl (C=O) groups excluding carboxylic acids is 3. The van der Waals surface area contributed by atoms with Gasteiger partial charge in [0.1, 0.15) is 17.2 Å². The molecule has 2 rings (SSSR count). The molecular weight excluding hydrogens is 536 g/mol. The van der Waals surface area contributed by atoms with Gasteiger partial charge < -0.3 is 23.7 Å². The third kappa shape index (κ3) is 14.9. The van der Waals surface area contributed by atoms with Gasteiger partial charge in [-0.15, -0.1) is 0 Å². The van der Waals surface area contributed by atoms with E-state index >= 15 is 0 Å². The minimum absolute atomic E-state index is 0.386. The summed E-state index contributed by atoms with van der Waals surface area (Å²) < 4.78 is 27.0. The molecule has 2 aromatic carbocycles. The summed E-state index contributed by atoms with van der Waals surface area (Å²) in [4.78, 5) is 34.3. The Labute approximate surface area is 249 Å². The number of esters is 3. The number of benzene rings is 2. The van der Waals surface area contributed by atoms with E-state index in [4.69, 9.17) is 23.7 Å². The molecule has 0 bridgehead atoms. The second kappa shape index (κ2) is 20.5. The van der Waals surface area contributed by atoms with Crippen LogP contribution in [0.15, 0.2) is 73.9 Å². The topological polar surface area (TPSA) is 97.4 Å². The van der Waals surface area contributed by atoms with Crippen LogP contribution in [-0.4, -0.2) is 44.3 Å². The standard InChI is InChI=1S/C34H42O8/c1-4-32(35)40-24-12-8-6-10-22-38-29-17-14-28(15-18-29)16-21-34(37)42-31-20-19-30(26-27(31)3)39-23-11-7-9-13-25-41-33(36)5-2/h4-5,14-21,26H,1-2,6-13,22-25H2,3H3/b21-16+. The first-order chi connectivity index (χ1) is 20.4. The minimum Gasteiger partial charge on any atom is -0.494 e. The number of rotatable bonds is 21. The van der Waals surface area contributed by atoms with Gasteiger partial charge in [-0.25, -0.2) is 14.4 Å². The maximum atomic E-state index is 12.4. The summed E-state index contributed by atoms with van der Waals surface area (Å²) in [7, 11) is 0. The van der Waals surface area contributed by atoms with Crippen LogP contribution < -0.4 is 14.2 Å². The summed E-state index contributed by atoms with van der Waals surface area (Å²) >= 11 is 0. The van der Waals surface area contributed by atoms with Gasteiger partial charge in [-0.1, -0.05) is 25.3 Å². The predicted molar refractivity (Wildman–Crippen MR) is 163 cm³/mol. The molecule has 0 saturated heterocycles. The van der Waals surface area contributed by atoms with Gasteiger partial charge in [-0.3, -0.25) is 0 Å². The Hall–Kier alpha value is -4.33. The van der Waals surface area contributed by atoms with Crippen molar-refractivity contribution >= 4 is 24.0 Å². The lowest BCUT2D eigenvalue weighted by Gasteiger charge is -2.10. The third-order valence-electron chi connectivity index (χ3n) is 6.09. The van der Waals surface area contributed by atoms with Crippen molar-refractivity contribution in [1.29, 1.82) is 0 Å². The van der Waals surface area contributed by atoms with E-state index in [2.05, 4.69) is 13.2 Å². The molecule has 0 atom stereocenters. The zero-order valence-corrected chi connectivity index (χ0v) is 24.5. The minimum atomic E-state index is -0.467. The van der Waals surface area contributed by atoms with E-state index in [1.807, 2.05) is 37.3 Å². The van der Waals surface area contributed by atoms with Gasteiger partial charge in [0.05, 0.1) is 26.4 Å². The van der Waals surface area contributed by atoms with Gasteiger partial charge in [0, 0.05) is 18.2 Å². The molecule has 0 aromatic heterocycles. The van der Waals surface area contributed by atoms with Crippen molar-refractivity contribution in [2.24, 2.45) is 0 Å². The number of unbranched alkanes of at least 4 members (excludes halogenated alkanes) is 6. The molecule has 8 heteroatoms. The monoisotopic (exact) mass is 578 g/mol. The zero-order chi connectivity index (χ0) is 30.4. The van der Waals surface area contributed by atoms with Gasteiger partial charge in [0.25, 0.3) is 0 Å². The smallest absolute Gasteiger partial charge is 0.336 e. The molecule has 0 aliphatic heterocycles. The Morgan fingerprint density at radius 2 is 1.14 bits per heavy atom. The van der Waals surface area contributed by atoms with Crippen molar-refractivity contribution in [3.8, 4) is 17.2 Å². The predicted octanol–water partition coefficient (Wildman–Crippen LogP) is 6.95. The summed E-state index contributed by atoms with van der Waals surface area (Å²) in [5.41, 5.74) is 1.66. The number of hydrogen-bond acceptors (Lipinski definition) is 8. The molecule has 42 heavy (non-hydrogen) atoms. The molecule has 2 aromatic rings. The van der Waals surface area contributed by atoms with Crippen molar-refractivity contribution in [2.45, 2.75) is 58.3 Å². The van der Waals surface area contributed by atoms with E-state index in [0.29, 0.717) is 32.2 Å². The third-order valence-corrected chi connectivity index (χ3v) is 6.09. The number of ether oxygens (including phenoxy) is 5. The fraction of sp³-hybridized carbons (Fsp3) is 0.382. The van der Waals surface area contributed by atoms with Crippen LogP contribution in [0.2, 0.25) is 0 Å². The first kappa shape index (κ1) is 33.9. The SMILES string of the molecule is C=CC(=O)OCCCCCCOc1ccc(/C=C/C(=O)Oc2ccc(OCCCCCCOC(=O)C=C)cc2C)cc1. The number of aryl methyl sites for hydroxylation is 1. The molecule has 0 saturated carbocycles. The Morgan fingerprint density at radius 3 is 1.67 bits per heavy atom. The van der Waals surface area contributed by atoms with Crippen LogP contribution in [0.4, 0.5) is 0 Å². The highest BCUT2D eigenvalue weighted by molar-refractivity contribution is 5.89. The highest BCUT2D eigenvalue weighted by Crippen LogP contribution is 2.24. The molecule has 0 heterocycles. The van der Waals surface area contributed by atoms with E-state index in [1.165, 1.54) is 18.2 Å². The zero-order valence-electron chi connectivity index (χ0n) is 24.5. The molecule has 0 radical (unpaired) electrons. The van der Waals surface area contributed by atoms with Crippen molar-refractivity contribution < 1.29 is 38.1 Å². The average molecular weight is 579 g/mol. The second-order valence-corrected chi connectivity index (χ2v) is 9.52. The summed E-state index contributed by atoms with van der Waals surface area (Å²) in [5.74, 6) is 0.717. The molecule has 226 valence electrons. The Balaban J connectivity index is 1.62. The van der Waals surface area contributed by atoms with E-state index in [1.54, 1.807) is 18.2 Å². The highest BCUT2D eigenvalue weighted by Gasteiger charge is 2.07. The molecular formula is C34H42O8. The fourth-order valence-corrected chi connectivity index (χ4v) is 3.77. The van der Waals surface area contributed by atoms with Gasteiger partial charge in [-0.2, -0.15) is 0 Å². The molecule has 0 aliphatic rings. The van der Waals surface area contributed by atoms with Crippen LogP contribution in [0.1, 0.15) is 62.5 Å².